The highest BCUT2D eigenvalue weighted by atomic mass is 35.5. The normalized spacial score (nSPS) is 16.3. The lowest BCUT2D eigenvalue weighted by molar-refractivity contribution is -0.127. The topological polar surface area (TPSA) is 93.4 Å². The monoisotopic (exact) mass is 395 g/mol. The fraction of sp³-hybridized carbons (Fsp3) is 0.353. The van der Waals surface area contributed by atoms with E-state index in [1.807, 2.05) is 12.1 Å². The molecule has 7 nitrogen and oxygen atoms in total. The molecule has 0 N–H and O–H groups in total. The maximum Gasteiger partial charge on any atom is 0.335 e. The zero-order valence-corrected chi connectivity index (χ0v) is 15.7. The minimum atomic E-state index is -3.50. The summed E-state index contributed by atoms with van der Waals surface area (Å²) in [4.78, 5) is 14.0. The summed E-state index contributed by atoms with van der Waals surface area (Å²) in [6.45, 7) is 1.09. The molecule has 0 atom stereocenters. The van der Waals surface area contributed by atoms with Crippen LogP contribution >= 0.6 is 11.6 Å². The van der Waals surface area contributed by atoms with Crippen LogP contribution in [0.3, 0.4) is 0 Å². The zero-order chi connectivity index (χ0) is 18.7. The van der Waals surface area contributed by atoms with Crippen LogP contribution in [0.2, 0.25) is 5.02 Å². The van der Waals surface area contributed by atoms with Gasteiger partial charge in [-0.1, -0.05) is 28.8 Å². The predicted octanol–water partition coefficient (Wildman–Crippen LogP) is 2.55. The SMILES string of the molecule is CS(=O)(=O)c1nnc(C2CCN(C(=O)/C=C/c3ccc(Cl)cc3)CC2)o1. The standard InChI is InChI=1S/C17H18ClN3O4S/c1-26(23,24)17-20-19-16(25-17)13-8-10-21(11-9-13)15(22)7-4-12-2-5-14(18)6-3-12/h2-7,13H,8-11H2,1H3/b7-4+. The van der Waals surface area contributed by atoms with E-state index in [1.165, 1.54) is 6.08 Å². The lowest BCUT2D eigenvalue weighted by Gasteiger charge is -2.29. The second-order valence-electron chi connectivity index (χ2n) is 6.16. The molecular weight excluding hydrogens is 378 g/mol. The molecule has 0 radical (unpaired) electrons. The molecule has 0 aliphatic carbocycles. The van der Waals surface area contributed by atoms with Crippen LogP contribution in [0.4, 0.5) is 0 Å². The number of piperidine rings is 1. The van der Waals surface area contributed by atoms with E-state index < -0.39 is 9.84 Å². The largest absolute Gasteiger partial charge is 0.412 e. The number of likely N-dealkylation sites (tertiary alicyclic amines) is 1. The van der Waals surface area contributed by atoms with Gasteiger partial charge in [-0.3, -0.25) is 4.79 Å². The van der Waals surface area contributed by atoms with Gasteiger partial charge in [0.15, 0.2) is 0 Å². The van der Waals surface area contributed by atoms with Gasteiger partial charge in [-0.25, -0.2) is 8.42 Å². The number of nitrogens with zero attached hydrogens (tertiary/aromatic N) is 3. The van der Waals surface area contributed by atoms with Crippen LogP contribution in [0, 0.1) is 0 Å². The molecule has 138 valence electrons. The molecule has 26 heavy (non-hydrogen) atoms. The van der Waals surface area contributed by atoms with Crippen LogP contribution in [0.15, 0.2) is 40.0 Å². The fourth-order valence-corrected chi connectivity index (χ4v) is 3.28. The summed E-state index contributed by atoms with van der Waals surface area (Å²) in [5, 5.41) is 7.70. The van der Waals surface area contributed by atoms with Gasteiger partial charge in [-0.05, 0) is 36.6 Å². The van der Waals surface area contributed by atoms with Crippen molar-refractivity contribution in [1.29, 1.82) is 0 Å². The lowest BCUT2D eigenvalue weighted by Crippen LogP contribution is -2.36. The van der Waals surface area contributed by atoms with E-state index in [-0.39, 0.29) is 17.0 Å². The van der Waals surface area contributed by atoms with Crippen molar-refractivity contribution in [3.05, 3.63) is 46.8 Å². The summed E-state index contributed by atoms with van der Waals surface area (Å²) in [5.74, 6) is 0.206. The van der Waals surface area contributed by atoms with Gasteiger partial charge in [0.25, 0.3) is 0 Å². The molecule has 1 saturated heterocycles. The van der Waals surface area contributed by atoms with Crippen LogP contribution in [-0.4, -0.2) is 48.8 Å². The summed E-state index contributed by atoms with van der Waals surface area (Å²) in [6.07, 6.45) is 5.61. The Bertz CT molecular complexity index is 914. The summed E-state index contributed by atoms with van der Waals surface area (Å²) < 4.78 is 28.1. The van der Waals surface area contributed by atoms with E-state index in [1.54, 1.807) is 23.1 Å². The fourth-order valence-electron chi connectivity index (χ4n) is 2.73. The maximum atomic E-state index is 12.3. The Labute approximate surface area is 156 Å². The third-order valence-corrected chi connectivity index (χ3v) is 5.23. The maximum absolute atomic E-state index is 12.3. The molecule has 1 aliphatic heterocycles. The Hall–Kier alpha value is -2.19. The first-order chi connectivity index (χ1) is 12.3. The van der Waals surface area contributed by atoms with Crippen LogP contribution in [0.25, 0.3) is 6.08 Å². The Kier molecular flexibility index (Phi) is 5.43. The molecule has 1 amide bonds. The third kappa shape index (κ3) is 4.50. The Balaban J connectivity index is 1.57. The smallest absolute Gasteiger partial charge is 0.335 e. The lowest BCUT2D eigenvalue weighted by atomic mass is 9.97. The molecule has 0 spiro atoms. The molecule has 2 aromatic rings. The molecular formula is C17H18ClN3O4S. The number of amides is 1. The first-order valence-corrected chi connectivity index (χ1v) is 10.4. The van der Waals surface area contributed by atoms with Crippen molar-refractivity contribution in [3.8, 4) is 0 Å². The molecule has 1 aliphatic rings. The van der Waals surface area contributed by atoms with E-state index in [4.69, 9.17) is 16.0 Å². The van der Waals surface area contributed by atoms with Crippen molar-refractivity contribution >= 4 is 33.4 Å². The van der Waals surface area contributed by atoms with Gasteiger partial charge >= 0.3 is 5.22 Å². The quantitative estimate of drug-likeness (QED) is 0.738. The molecule has 0 bridgehead atoms. The summed E-state index contributed by atoms with van der Waals surface area (Å²) >= 11 is 5.84. The Morgan fingerprint density at radius 1 is 1.23 bits per heavy atom. The predicted molar refractivity (Wildman–Crippen MR) is 96.4 cm³/mol. The highest BCUT2D eigenvalue weighted by molar-refractivity contribution is 7.90. The minimum Gasteiger partial charge on any atom is -0.412 e. The van der Waals surface area contributed by atoms with E-state index >= 15 is 0 Å². The van der Waals surface area contributed by atoms with Crippen molar-refractivity contribution in [1.82, 2.24) is 15.1 Å². The summed E-state index contributed by atoms with van der Waals surface area (Å²) in [6, 6.07) is 7.22. The van der Waals surface area contributed by atoms with E-state index in [0.717, 1.165) is 11.8 Å². The zero-order valence-electron chi connectivity index (χ0n) is 14.1. The number of halogens is 1. The van der Waals surface area contributed by atoms with Gasteiger partial charge in [0.2, 0.25) is 21.6 Å². The van der Waals surface area contributed by atoms with Gasteiger partial charge < -0.3 is 9.32 Å². The van der Waals surface area contributed by atoms with Crippen LogP contribution in [0.5, 0.6) is 0 Å². The van der Waals surface area contributed by atoms with Gasteiger partial charge in [0.05, 0.1) is 0 Å². The number of hydrogen-bond acceptors (Lipinski definition) is 6. The first kappa shape index (κ1) is 18.6. The Morgan fingerprint density at radius 3 is 2.46 bits per heavy atom. The van der Waals surface area contributed by atoms with Crippen LogP contribution < -0.4 is 0 Å². The molecule has 0 unspecified atom stereocenters. The first-order valence-electron chi connectivity index (χ1n) is 8.09. The van der Waals surface area contributed by atoms with Gasteiger partial charge in [-0.15, -0.1) is 5.10 Å². The van der Waals surface area contributed by atoms with Crippen LogP contribution in [-0.2, 0) is 14.6 Å². The molecule has 1 aromatic heterocycles. The van der Waals surface area contributed by atoms with Crippen molar-refractivity contribution in [3.63, 3.8) is 0 Å². The van der Waals surface area contributed by atoms with Gasteiger partial charge in [0.1, 0.15) is 0 Å². The van der Waals surface area contributed by atoms with Crippen molar-refractivity contribution in [2.75, 3.05) is 19.3 Å². The number of rotatable bonds is 4. The number of carbonyl (C=O) groups is 1. The average Bonchev–Trinajstić information content (AvgIpc) is 3.12. The summed E-state index contributed by atoms with van der Waals surface area (Å²) in [7, 11) is -3.50. The van der Waals surface area contributed by atoms with Gasteiger partial charge in [0, 0.05) is 36.4 Å². The molecule has 3 rings (SSSR count). The van der Waals surface area contributed by atoms with E-state index in [2.05, 4.69) is 10.2 Å². The summed E-state index contributed by atoms with van der Waals surface area (Å²) in [5.41, 5.74) is 0.900. The molecule has 1 aromatic carbocycles. The second kappa shape index (κ2) is 7.59. The number of hydrogen-bond donors (Lipinski definition) is 0. The van der Waals surface area contributed by atoms with E-state index in [9.17, 15) is 13.2 Å². The number of aromatic nitrogens is 2. The van der Waals surface area contributed by atoms with Crippen molar-refractivity contribution in [2.45, 2.75) is 24.0 Å². The molecule has 1 fully saturated rings. The highest BCUT2D eigenvalue weighted by Gasteiger charge is 2.28. The van der Waals surface area contributed by atoms with Crippen molar-refractivity contribution < 1.29 is 17.6 Å². The van der Waals surface area contributed by atoms with Crippen LogP contribution in [0.1, 0.15) is 30.2 Å². The second-order valence-corrected chi connectivity index (χ2v) is 8.49. The van der Waals surface area contributed by atoms with E-state index in [0.29, 0.717) is 36.8 Å². The van der Waals surface area contributed by atoms with Gasteiger partial charge in [-0.2, -0.15) is 0 Å². The molecule has 9 heteroatoms. The number of carbonyl (C=O) groups excluding carboxylic acids is 1. The molecule has 0 saturated carbocycles. The average molecular weight is 396 g/mol. The molecule has 2 heterocycles. The Morgan fingerprint density at radius 2 is 1.88 bits per heavy atom. The highest BCUT2D eigenvalue weighted by Crippen LogP contribution is 2.28. The van der Waals surface area contributed by atoms with Crippen molar-refractivity contribution in [2.24, 2.45) is 0 Å². The third-order valence-electron chi connectivity index (χ3n) is 4.18. The number of sulfone groups is 1. The minimum absolute atomic E-state index is 0.0395. The number of benzene rings is 1.